The number of hydrogen-bond acceptors (Lipinski definition) is 0. The smallest absolute Gasteiger partial charge is 0.0911 e. The Hall–Kier alpha value is -0.130. The van der Waals surface area contributed by atoms with E-state index in [9.17, 15) is 0 Å². The summed E-state index contributed by atoms with van der Waals surface area (Å²) in [6.45, 7) is 8.87. The van der Waals surface area contributed by atoms with Crippen LogP contribution >= 0.6 is 0 Å². The Bertz CT molecular complexity index is 107. The Labute approximate surface area is 66.9 Å². The summed E-state index contributed by atoms with van der Waals surface area (Å²) in [5.74, 6) is 0. The molecule has 0 radical (unpaired) electrons. The second kappa shape index (κ2) is 2.86. The van der Waals surface area contributed by atoms with Crippen molar-refractivity contribution in [3.8, 4) is 0 Å². The van der Waals surface area contributed by atoms with Crippen LogP contribution in [0, 0.1) is 0 Å². The van der Waals surface area contributed by atoms with Gasteiger partial charge in [0.1, 0.15) is 15.7 Å². The molecule has 56 valence electrons. The highest BCUT2D eigenvalue weighted by molar-refractivity contribution is 6.17. The molecule has 0 aromatic heterocycles. The van der Waals surface area contributed by atoms with Crippen molar-refractivity contribution in [3.63, 3.8) is 0 Å². The molecule has 0 unspecified atom stereocenters. The molecule has 0 amide bonds. The van der Waals surface area contributed by atoms with Gasteiger partial charge in [0.05, 0.1) is 0 Å². The lowest BCUT2D eigenvalue weighted by Gasteiger charge is -2.17. The van der Waals surface area contributed by atoms with Gasteiger partial charge in [-0.15, -0.1) is 0 Å². The average Bonchev–Trinajstić information content (AvgIpc) is 1.57. The lowest BCUT2D eigenvalue weighted by molar-refractivity contribution is 0.810. The van der Waals surface area contributed by atoms with Gasteiger partial charge in [0, 0.05) is 0 Å². The van der Waals surface area contributed by atoms with E-state index in [2.05, 4.69) is 55.5 Å². The molecule has 0 saturated carbocycles. The summed E-state index contributed by atoms with van der Waals surface area (Å²) in [6, 6.07) is 0. The summed E-state index contributed by atoms with van der Waals surface area (Å²) in [5.41, 5.74) is 0. The molecule has 0 aliphatic carbocycles. The second-order valence-electron chi connectivity index (χ2n) is 5.07. The maximum Gasteiger partial charge on any atom is 0.113 e. The van der Waals surface area contributed by atoms with Crippen LogP contribution < -0.4 is 0 Å². The van der Waals surface area contributed by atoms with Crippen LogP contribution in [0.15, 0.2) is 12.2 Å². The van der Waals surface area contributed by atoms with Crippen LogP contribution in [0.25, 0.3) is 0 Å². The highest BCUT2D eigenvalue weighted by Crippen LogP contribution is 2.26. The van der Waals surface area contributed by atoms with E-state index in [0.29, 0.717) is 10.6 Å². The quantitative estimate of drug-likeness (QED) is 0.395. The zero-order valence-corrected chi connectivity index (χ0v) is 8.15. The van der Waals surface area contributed by atoms with Crippen molar-refractivity contribution in [2.24, 2.45) is 0 Å². The van der Waals surface area contributed by atoms with Gasteiger partial charge in [-0.25, -0.2) is 0 Å². The Morgan fingerprint density at radius 3 is 1.10 bits per heavy atom. The van der Waals surface area contributed by atoms with Crippen LogP contribution in [0.3, 0.4) is 0 Å². The average molecular weight is 136 g/mol. The third-order valence-corrected chi connectivity index (χ3v) is 1.08. The third-order valence-electron chi connectivity index (χ3n) is 1.08. The first-order valence-corrected chi connectivity index (χ1v) is 3.91. The Morgan fingerprint density at radius 1 is 0.800 bits per heavy atom. The molecule has 0 rings (SSSR count). The minimum Gasteiger partial charge on any atom is -0.0911 e. The lowest BCUT2D eigenvalue weighted by Crippen LogP contribution is -2.01. The molecule has 0 aliphatic rings. The van der Waals surface area contributed by atoms with Crippen molar-refractivity contribution in [2.75, 3.05) is 0 Å². The summed E-state index contributed by atoms with van der Waals surface area (Å²) in [5, 5.41) is 0.653. The van der Waals surface area contributed by atoms with Crippen LogP contribution in [0.5, 0.6) is 0 Å². The van der Waals surface area contributed by atoms with Gasteiger partial charge in [0.15, 0.2) is 0 Å². The minimum atomic E-state index is 0.327. The van der Waals surface area contributed by atoms with E-state index < -0.39 is 0 Å². The lowest BCUT2D eigenvalue weighted by atomic mass is 9.67. The number of hydrogen-bond donors (Lipinski definition) is 0. The highest BCUT2D eigenvalue weighted by atomic mass is 14.1. The molecular weight excluding hydrogens is 118 g/mol. The first-order valence-electron chi connectivity index (χ1n) is 3.91. The van der Waals surface area contributed by atoms with Gasteiger partial charge >= 0.3 is 0 Å². The maximum atomic E-state index is 2.27. The van der Waals surface area contributed by atoms with Crippen LogP contribution in [-0.2, 0) is 0 Å². The molecule has 0 bridgehead atoms. The molecule has 0 heterocycles. The predicted molar refractivity (Wildman–Crippen MR) is 54.3 cm³/mol. The largest absolute Gasteiger partial charge is 0.113 e. The molecule has 0 atom stereocenters. The van der Waals surface area contributed by atoms with Gasteiger partial charge in [-0.05, 0) is 10.6 Å². The monoisotopic (exact) mass is 136 g/mol. The van der Waals surface area contributed by atoms with E-state index in [-0.39, 0.29) is 0 Å². The van der Waals surface area contributed by atoms with Crippen molar-refractivity contribution in [2.45, 2.75) is 38.3 Å². The summed E-state index contributed by atoms with van der Waals surface area (Å²) in [6.07, 6.45) is 4.54. The number of allylic oxidation sites excluding steroid dienone is 2. The third kappa shape index (κ3) is 7.87. The van der Waals surface area contributed by atoms with Gasteiger partial charge in [-0.2, -0.15) is 0 Å². The van der Waals surface area contributed by atoms with Crippen molar-refractivity contribution in [1.29, 1.82) is 0 Å². The standard InChI is InChI=1S/C8H18B2/c1-7(2,9)5-6-8(3,4)10/h5-6H,9-10H2,1-4H3/b6-5-. The van der Waals surface area contributed by atoms with Crippen LogP contribution in [0.2, 0.25) is 10.6 Å². The molecule has 0 aromatic carbocycles. The zero-order chi connectivity index (χ0) is 8.41. The number of rotatable bonds is 2. The van der Waals surface area contributed by atoms with E-state index in [1.165, 1.54) is 0 Å². The molecule has 2 heteroatoms. The Balaban J connectivity index is 4.01. The van der Waals surface area contributed by atoms with E-state index >= 15 is 0 Å². The van der Waals surface area contributed by atoms with Crippen LogP contribution in [0.1, 0.15) is 27.7 Å². The van der Waals surface area contributed by atoms with E-state index in [1.54, 1.807) is 0 Å². The van der Waals surface area contributed by atoms with Gasteiger partial charge in [-0.3, -0.25) is 0 Å². The second-order valence-corrected chi connectivity index (χ2v) is 5.07. The fourth-order valence-corrected chi connectivity index (χ4v) is 0.500. The summed E-state index contributed by atoms with van der Waals surface area (Å²) in [7, 11) is 4.43. The van der Waals surface area contributed by atoms with Crippen molar-refractivity contribution in [3.05, 3.63) is 12.2 Å². The normalized spacial score (nSPS) is 14.4. The van der Waals surface area contributed by atoms with Crippen LogP contribution in [-0.4, -0.2) is 15.7 Å². The molecule has 0 saturated heterocycles. The summed E-state index contributed by atoms with van der Waals surface area (Å²) < 4.78 is 0. The molecule has 0 aromatic rings. The first-order chi connectivity index (χ1) is 4.21. The zero-order valence-electron chi connectivity index (χ0n) is 8.15. The van der Waals surface area contributed by atoms with E-state index in [4.69, 9.17) is 0 Å². The molecular formula is C8H18B2. The first kappa shape index (κ1) is 9.87. The minimum absolute atomic E-state index is 0.327. The van der Waals surface area contributed by atoms with E-state index in [1.807, 2.05) is 0 Å². The molecule has 0 fully saturated rings. The summed E-state index contributed by atoms with van der Waals surface area (Å²) >= 11 is 0. The Kier molecular flexibility index (Phi) is 2.82. The SMILES string of the molecule is BC(C)(C)/C=C\C(B)(C)C. The fraction of sp³-hybridized carbons (Fsp3) is 0.750. The molecule has 0 spiro atoms. The molecule has 0 aliphatic heterocycles. The summed E-state index contributed by atoms with van der Waals surface area (Å²) in [4.78, 5) is 0. The predicted octanol–water partition coefficient (Wildman–Crippen LogP) is 1.21. The molecule has 10 heavy (non-hydrogen) atoms. The maximum absolute atomic E-state index is 2.27. The topological polar surface area (TPSA) is 0 Å². The fourth-order valence-electron chi connectivity index (χ4n) is 0.500. The Morgan fingerprint density at radius 2 is 1.00 bits per heavy atom. The molecule has 0 N–H and O–H groups in total. The van der Waals surface area contributed by atoms with Crippen LogP contribution in [0.4, 0.5) is 0 Å². The molecule has 0 nitrogen and oxygen atoms in total. The van der Waals surface area contributed by atoms with Crippen molar-refractivity contribution < 1.29 is 0 Å². The van der Waals surface area contributed by atoms with E-state index in [0.717, 1.165) is 0 Å². The van der Waals surface area contributed by atoms with Gasteiger partial charge in [0.2, 0.25) is 0 Å². The van der Waals surface area contributed by atoms with Crippen molar-refractivity contribution >= 4 is 15.7 Å². The van der Waals surface area contributed by atoms with Gasteiger partial charge in [0.25, 0.3) is 0 Å². The highest BCUT2D eigenvalue weighted by Gasteiger charge is 2.08. The van der Waals surface area contributed by atoms with Gasteiger partial charge in [-0.1, -0.05) is 39.8 Å². The van der Waals surface area contributed by atoms with Crippen molar-refractivity contribution in [1.82, 2.24) is 0 Å². The van der Waals surface area contributed by atoms with Gasteiger partial charge < -0.3 is 0 Å².